The average molecular weight is 455 g/mol. The summed E-state index contributed by atoms with van der Waals surface area (Å²) >= 11 is 0. The van der Waals surface area contributed by atoms with Gasteiger partial charge in [0.05, 0.1) is 17.4 Å². The Morgan fingerprint density at radius 3 is 2.82 bits per heavy atom. The minimum atomic E-state index is -0.458. The number of nitrogens with one attached hydrogen (secondary N) is 3. The monoisotopic (exact) mass is 455 g/mol. The number of hydrogen-bond acceptors (Lipinski definition) is 5. The number of amides is 1. The van der Waals surface area contributed by atoms with Crippen LogP contribution in [0.1, 0.15) is 32.1 Å². The van der Waals surface area contributed by atoms with Crippen LogP contribution in [0.15, 0.2) is 48.9 Å². The number of aromatic amines is 2. The highest BCUT2D eigenvalue weighted by molar-refractivity contribution is 5.96. The summed E-state index contributed by atoms with van der Waals surface area (Å²) < 4.78 is 15.0. The highest BCUT2D eigenvalue weighted by Gasteiger charge is 2.21. The SMILES string of the molecule is O=C(Nc1cncc(-c2cc(F)c3n[nH]c(-c4nc5ncccc5[nH]4)c3c2)c1)C1CCCCC1. The molecule has 170 valence electrons. The Morgan fingerprint density at radius 2 is 1.97 bits per heavy atom. The van der Waals surface area contributed by atoms with Gasteiger partial charge in [0.15, 0.2) is 17.3 Å². The molecule has 1 aromatic carbocycles. The molecule has 0 unspecified atom stereocenters. The smallest absolute Gasteiger partial charge is 0.227 e. The van der Waals surface area contributed by atoms with Crippen molar-refractivity contribution in [2.75, 3.05) is 5.32 Å². The maximum atomic E-state index is 15.0. The van der Waals surface area contributed by atoms with Crippen LogP contribution in [0.5, 0.6) is 0 Å². The Balaban J connectivity index is 1.35. The van der Waals surface area contributed by atoms with E-state index in [0.29, 0.717) is 39.4 Å². The lowest BCUT2D eigenvalue weighted by Crippen LogP contribution is -2.24. The fraction of sp³-hybridized carbons (Fsp3) is 0.240. The number of carbonyl (C=O) groups is 1. The van der Waals surface area contributed by atoms with Gasteiger partial charge in [-0.2, -0.15) is 5.10 Å². The fourth-order valence-corrected chi connectivity index (χ4v) is 4.66. The molecule has 4 aromatic heterocycles. The zero-order valence-corrected chi connectivity index (χ0v) is 18.3. The number of anilines is 1. The van der Waals surface area contributed by atoms with E-state index in [2.05, 4.69) is 35.5 Å². The summed E-state index contributed by atoms with van der Waals surface area (Å²) in [4.78, 5) is 28.9. The molecule has 6 rings (SSSR count). The minimum absolute atomic E-state index is 0.0240. The summed E-state index contributed by atoms with van der Waals surface area (Å²) in [6, 6.07) is 8.79. The molecule has 4 heterocycles. The molecule has 0 saturated heterocycles. The van der Waals surface area contributed by atoms with Crippen LogP contribution in [-0.2, 0) is 4.79 Å². The van der Waals surface area contributed by atoms with E-state index in [0.717, 1.165) is 31.2 Å². The lowest BCUT2D eigenvalue weighted by molar-refractivity contribution is -0.120. The standard InChI is InChI=1S/C25H22FN7O/c26-19-11-15(16-9-17(13-27-12-16)29-25(34)14-5-2-1-3-6-14)10-18-21(19)32-33-22(18)24-30-20-7-4-8-28-23(20)31-24/h4,7-14H,1-3,5-6H2,(H,29,34)(H,32,33)(H,28,30,31). The van der Waals surface area contributed by atoms with Gasteiger partial charge in [0.25, 0.3) is 0 Å². The predicted octanol–water partition coefficient (Wildman–Crippen LogP) is 5.22. The van der Waals surface area contributed by atoms with E-state index in [1.807, 2.05) is 24.3 Å². The Hall–Kier alpha value is -4.14. The van der Waals surface area contributed by atoms with E-state index in [4.69, 9.17) is 0 Å². The van der Waals surface area contributed by atoms with E-state index in [-0.39, 0.29) is 17.3 Å². The summed E-state index contributed by atoms with van der Waals surface area (Å²) in [5, 5.41) is 10.6. The molecule has 0 atom stereocenters. The number of carbonyl (C=O) groups excluding carboxylic acids is 1. The maximum absolute atomic E-state index is 15.0. The second-order valence-corrected chi connectivity index (χ2v) is 8.70. The Labute approximate surface area is 194 Å². The molecule has 0 spiro atoms. The van der Waals surface area contributed by atoms with Gasteiger partial charge < -0.3 is 10.3 Å². The molecule has 8 nitrogen and oxygen atoms in total. The first kappa shape index (κ1) is 20.5. The second-order valence-electron chi connectivity index (χ2n) is 8.70. The van der Waals surface area contributed by atoms with E-state index >= 15 is 4.39 Å². The van der Waals surface area contributed by atoms with Crippen molar-refractivity contribution in [1.82, 2.24) is 30.1 Å². The maximum Gasteiger partial charge on any atom is 0.227 e. The van der Waals surface area contributed by atoms with Gasteiger partial charge >= 0.3 is 0 Å². The molecular weight excluding hydrogens is 433 g/mol. The molecule has 34 heavy (non-hydrogen) atoms. The normalized spacial score (nSPS) is 14.6. The number of hydrogen-bond donors (Lipinski definition) is 3. The van der Waals surface area contributed by atoms with Gasteiger partial charge in [-0.1, -0.05) is 19.3 Å². The highest BCUT2D eigenvalue weighted by Crippen LogP contribution is 2.33. The van der Waals surface area contributed by atoms with Gasteiger partial charge in [-0.25, -0.2) is 14.4 Å². The van der Waals surface area contributed by atoms with Gasteiger partial charge in [-0.05, 0) is 48.7 Å². The molecule has 1 aliphatic rings. The minimum Gasteiger partial charge on any atom is -0.335 e. The van der Waals surface area contributed by atoms with Crippen molar-refractivity contribution < 1.29 is 9.18 Å². The van der Waals surface area contributed by atoms with Crippen LogP contribution in [0.3, 0.4) is 0 Å². The van der Waals surface area contributed by atoms with E-state index in [1.165, 1.54) is 12.5 Å². The third kappa shape index (κ3) is 3.68. The summed E-state index contributed by atoms with van der Waals surface area (Å²) in [5.74, 6) is 0.133. The first-order valence-corrected chi connectivity index (χ1v) is 11.4. The van der Waals surface area contributed by atoms with Gasteiger partial charge in [0, 0.05) is 29.3 Å². The topological polar surface area (TPSA) is 112 Å². The highest BCUT2D eigenvalue weighted by atomic mass is 19.1. The summed E-state index contributed by atoms with van der Waals surface area (Å²) in [6.45, 7) is 0. The quantitative estimate of drug-likeness (QED) is 0.344. The van der Waals surface area contributed by atoms with Crippen LogP contribution in [0.25, 0.3) is 44.7 Å². The average Bonchev–Trinajstić information content (AvgIpc) is 3.49. The number of rotatable bonds is 4. The molecule has 5 aromatic rings. The molecular formula is C25H22FN7O. The predicted molar refractivity (Wildman–Crippen MR) is 127 cm³/mol. The first-order valence-electron chi connectivity index (χ1n) is 11.4. The van der Waals surface area contributed by atoms with Crippen molar-refractivity contribution in [3.05, 3.63) is 54.7 Å². The van der Waals surface area contributed by atoms with Crippen molar-refractivity contribution in [3.8, 4) is 22.6 Å². The van der Waals surface area contributed by atoms with Crippen LogP contribution in [0.4, 0.5) is 10.1 Å². The Kier molecular flexibility index (Phi) is 5.01. The third-order valence-electron chi connectivity index (χ3n) is 6.42. The molecule has 1 fully saturated rings. The largest absolute Gasteiger partial charge is 0.335 e. The number of benzene rings is 1. The van der Waals surface area contributed by atoms with Crippen molar-refractivity contribution in [1.29, 1.82) is 0 Å². The lowest BCUT2D eigenvalue weighted by Gasteiger charge is -2.20. The van der Waals surface area contributed by atoms with E-state index < -0.39 is 5.82 Å². The van der Waals surface area contributed by atoms with Crippen molar-refractivity contribution >= 4 is 33.7 Å². The summed E-state index contributed by atoms with van der Waals surface area (Å²) in [7, 11) is 0. The fourth-order valence-electron chi connectivity index (χ4n) is 4.66. The number of pyridine rings is 2. The molecule has 1 amide bonds. The van der Waals surface area contributed by atoms with Crippen LogP contribution in [0, 0.1) is 11.7 Å². The van der Waals surface area contributed by atoms with Crippen LogP contribution in [0.2, 0.25) is 0 Å². The van der Waals surface area contributed by atoms with Crippen molar-refractivity contribution in [2.45, 2.75) is 32.1 Å². The second kappa shape index (κ2) is 8.33. The van der Waals surface area contributed by atoms with Crippen molar-refractivity contribution in [3.63, 3.8) is 0 Å². The van der Waals surface area contributed by atoms with Gasteiger partial charge in [-0.3, -0.25) is 14.9 Å². The molecule has 1 aliphatic carbocycles. The third-order valence-corrected chi connectivity index (χ3v) is 6.42. The molecule has 0 radical (unpaired) electrons. The van der Waals surface area contributed by atoms with Gasteiger partial charge in [0.1, 0.15) is 11.2 Å². The molecule has 0 aliphatic heterocycles. The van der Waals surface area contributed by atoms with Crippen LogP contribution in [-0.4, -0.2) is 36.0 Å². The molecule has 0 bridgehead atoms. The molecule has 9 heteroatoms. The molecule has 3 N–H and O–H groups in total. The van der Waals surface area contributed by atoms with E-state index in [1.54, 1.807) is 18.6 Å². The zero-order valence-electron chi connectivity index (χ0n) is 18.3. The Morgan fingerprint density at radius 1 is 1.09 bits per heavy atom. The first-order chi connectivity index (χ1) is 16.7. The number of aromatic nitrogens is 6. The summed E-state index contributed by atoms with van der Waals surface area (Å²) in [5.41, 5.74) is 4.07. The Bertz CT molecular complexity index is 1480. The van der Waals surface area contributed by atoms with Crippen molar-refractivity contribution in [2.24, 2.45) is 5.92 Å². The number of H-pyrrole nitrogens is 2. The van der Waals surface area contributed by atoms with E-state index in [9.17, 15) is 4.79 Å². The van der Waals surface area contributed by atoms with Crippen LogP contribution < -0.4 is 5.32 Å². The number of nitrogens with zero attached hydrogens (tertiary/aromatic N) is 4. The molecule has 1 saturated carbocycles. The zero-order chi connectivity index (χ0) is 23.1. The lowest BCUT2D eigenvalue weighted by atomic mass is 9.88. The number of halogens is 1. The van der Waals surface area contributed by atoms with Gasteiger partial charge in [0.2, 0.25) is 5.91 Å². The summed E-state index contributed by atoms with van der Waals surface area (Å²) in [6.07, 6.45) is 10.1. The van der Waals surface area contributed by atoms with Crippen LogP contribution >= 0.6 is 0 Å². The van der Waals surface area contributed by atoms with Gasteiger partial charge in [-0.15, -0.1) is 0 Å². The number of imidazole rings is 1. The number of fused-ring (bicyclic) bond motifs is 2.